The number of hydrogen-bond donors (Lipinski definition) is 1. The lowest BCUT2D eigenvalue weighted by atomic mass is 10.3. The number of amides is 1. The van der Waals surface area contributed by atoms with E-state index in [2.05, 4.69) is 20.9 Å². The number of carboxylic acid groups (broad SMARTS) is 1. The van der Waals surface area contributed by atoms with Crippen LogP contribution in [-0.2, 0) is 4.79 Å². The van der Waals surface area contributed by atoms with E-state index in [1.165, 1.54) is 4.90 Å². The number of benzene rings is 1. The van der Waals surface area contributed by atoms with Crippen molar-refractivity contribution in [2.75, 3.05) is 6.54 Å². The predicted octanol–water partition coefficient (Wildman–Crippen LogP) is 2.32. The molecule has 0 atom stereocenters. The Morgan fingerprint density at radius 2 is 2.00 bits per heavy atom. The molecular weight excluding hydrogens is 350 g/mol. The summed E-state index contributed by atoms with van der Waals surface area (Å²) in [6.45, 7) is -0.283. The Kier molecular flexibility index (Phi) is 3.98. The molecule has 1 aromatic heterocycles. The molecule has 0 bridgehead atoms. The molecule has 3 rings (SSSR count). The molecule has 1 N–H and O–H groups in total. The van der Waals surface area contributed by atoms with Crippen LogP contribution in [0.2, 0.25) is 0 Å². The van der Waals surface area contributed by atoms with Crippen LogP contribution in [0.3, 0.4) is 0 Å². The molecule has 1 fully saturated rings. The van der Waals surface area contributed by atoms with Crippen molar-refractivity contribution < 1.29 is 14.7 Å². The first kappa shape index (κ1) is 14.8. The third kappa shape index (κ3) is 3.19. The van der Waals surface area contributed by atoms with Crippen LogP contribution >= 0.6 is 15.9 Å². The lowest BCUT2D eigenvalue weighted by Gasteiger charge is -2.18. The van der Waals surface area contributed by atoms with Gasteiger partial charge < -0.3 is 14.6 Å². The van der Waals surface area contributed by atoms with Crippen LogP contribution in [-0.4, -0.2) is 44.0 Å². The molecule has 22 heavy (non-hydrogen) atoms. The fourth-order valence-electron chi connectivity index (χ4n) is 2.23. The van der Waals surface area contributed by atoms with Crippen molar-refractivity contribution in [1.29, 1.82) is 0 Å². The van der Waals surface area contributed by atoms with E-state index >= 15 is 0 Å². The summed E-state index contributed by atoms with van der Waals surface area (Å²) in [6.07, 6.45) is 4.89. The number of aromatic nitrogens is 2. The molecule has 1 aliphatic rings. The van der Waals surface area contributed by atoms with Crippen molar-refractivity contribution in [3.63, 3.8) is 0 Å². The Balaban J connectivity index is 1.81. The van der Waals surface area contributed by atoms with Crippen molar-refractivity contribution in [3.05, 3.63) is 47.0 Å². The fraction of sp³-hybridized carbons (Fsp3) is 0.267. The zero-order valence-corrected chi connectivity index (χ0v) is 13.2. The zero-order chi connectivity index (χ0) is 15.7. The van der Waals surface area contributed by atoms with E-state index in [4.69, 9.17) is 5.11 Å². The van der Waals surface area contributed by atoms with Crippen LogP contribution in [0.5, 0.6) is 0 Å². The molecule has 0 spiro atoms. The normalized spacial score (nSPS) is 13.9. The Labute approximate surface area is 135 Å². The average Bonchev–Trinajstić information content (AvgIpc) is 3.21. The number of hydrogen-bond acceptors (Lipinski definition) is 3. The third-order valence-electron chi connectivity index (χ3n) is 3.48. The van der Waals surface area contributed by atoms with Gasteiger partial charge in [0, 0.05) is 22.4 Å². The van der Waals surface area contributed by atoms with Crippen LogP contribution in [0.1, 0.15) is 23.3 Å². The summed E-state index contributed by atoms with van der Waals surface area (Å²) in [6, 6.07) is 7.63. The second-order valence-corrected chi connectivity index (χ2v) is 6.12. The van der Waals surface area contributed by atoms with Gasteiger partial charge in [-0.3, -0.25) is 9.59 Å². The third-order valence-corrected chi connectivity index (χ3v) is 4.01. The van der Waals surface area contributed by atoms with Gasteiger partial charge in [0.15, 0.2) is 0 Å². The quantitative estimate of drug-likeness (QED) is 0.884. The summed E-state index contributed by atoms with van der Waals surface area (Å²) in [5, 5.41) is 8.94. The topological polar surface area (TPSA) is 75.4 Å². The van der Waals surface area contributed by atoms with Crippen molar-refractivity contribution in [3.8, 4) is 5.69 Å². The van der Waals surface area contributed by atoms with Crippen LogP contribution in [0.25, 0.3) is 5.69 Å². The first-order valence-electron chi connectivity index (χ1n) is 6.87. The maximum atomic E-state index is 12.4. The van der Waals surface area contributed by atoms with Crippen molar-refractivity contribution in [1.82, 2.24) is 14.5 Å². The monoisotopic (exact) mass is 363 g/mol. The second-order valence-electron chi connectivity index (χ2n) is 5.20. The average molecular weight is 364 g/mol. The predicted molar refractivity (Wildman–Crippen MR) is 83.0 cm³/mol. The number of rotatable bonds is 5. The largest absolute Gasteiger partial charge is 0.480 e. The van der Waals surface area contributed by atoms with E-state index in [1.54, 1.807) is 17.1 Å². The Bertz CT molecular complexity index is 707. The van der Waals surface area contributed by atoms with E-state index in [9.17, 15) is 9.59 Å². The second kappa shape index (κ2) is 5.92. The maximum Gasteiger partial charge on any atom is 0.323 e. The van der Waals surface area contributed by atoms with Gasteiger partial charge >= 0.3 is 5.97 Å². The molecule has 0 unspecified atom stereocenters. The highest BCUT2D eigenvalue weighted by Gasteiger charge is 2.35. The van der Waals surface area contributed by atoms with Crippen molar-refractivity contribution >= 4 is 27.8 Å². The van der Waals surface area contributed by atoms with Gasteiger partial charge in [0.1, 0.15) is 18.6 Å². The standard InChI is InChI=1S/C15H14BrN3O3/c16-10-1-3-11(4-2-10)18-7-13(17-9-18)15(22)19(8-14(20)21)12-5-6-12/h1-4,7,9,12H,5-6,8H2,(H,20,21). The van der Waals surface area contributed by atoms with Crippen molar-refractivity contribution in [2.24, 2.45) is 0 Å². The molecular formula is C15H14BrN3O3. The summed E-state index contributed by atoms with van der Waals surface area (Å²) < 4.78 is 2.71. The molecule has 1 saturated carbocycles. The summed E-state index contributed by atoms with van der Waals surface area (Å²) >= 11 is 3.37. The number of imidazole rings is 1. The molecule has 0 aliphatic heterocycles. The minimum atomic E-state index is -1.01. The number of carboxylic acids is 1. The number of halogens is 1. The number of aliphatic carboxylic acids is 1. The lowest BCUT2D eigenvalue weighted by molar-refractivity contribution is -0.137. The van der Waals surface area contributed by atoms with Gasteiger partial charge in [-0.1, -0.05) is 15.9 Å². The molecule has 2 aromatic rings. The molecule has 1 aromatic carbocycles. The summed E-state index contributed by atoms with van der Waals surface area (Å²) in [5.41, 5.74) is 1.14. The number of carbonyl (C=O) groups excluding carboxylic acids is 1. The lowest BCUT2D eigenvalue weighted by Crippen LogP contribution is -2.37. The van der Waals surface area contributed by atoms with Crippen LogP contribution in [0.15, 0.2) is 41.3 Å². The first-order valence-corrected chi connectivity index (χ1v) is 7.66. The number of nitrogens with zero attached hydrogens (tertiary/aromatic N) is 3. The highest BCUT2D eigenvalue weighted by Crippen LogP contribution is 2.28. The first-order chi connectivity index (χ1) is 10.5. The van der Waals surface area contributed by atoms with E-state index in [1.807, 2.05) is 24.3 Å². The SMILES string of the molecule is O=C(O)CN(C(=O)c1cn(-c2ccc(Br)cc2)cn1)C1CC1. The minimum absolute atomic E-state index is 0.0291. The molecule has 1 amide bonds. The molecule has 0 radical (unpaired) electrons. The number of carbonyl (C=O) groups is 2. The van der Waals surface area contributed by atoms with Gasteiger partial charge in [0.05, 0.1) is 0 Å². The van der Waals surface area contributed by atoms with Crippen LogP contribution < -0.4 is 0 Å². The smallest absolute Gasteiger partial charge is 0.323 e. The molecule has 0 saturated heterocycles. The minimum Gasteiger partial charge on any atom is -0.480 e. The van der Waals surface area contributed by atoms with Gasteiger partial charge in [0.25, 0.3) is 5.91 Å². The maximum absolute atomic E-state index is 12.4. The van der Waals surface area contributed by atoms with E-state index in [0.717, 1.165) is 23.0 Å². The molecule has 114 valence electrons. The Hall–Kier alpha value is -2.15. The van der Waals surface area contributed by atoms with E-state index in [0.29, 0.717) is 0 Å². The summed E-state index contributed by atoms with van der Waals surface area (Å²) in [7, 11) is 0. The molecule has 7 heteroatoms. The Morgan fingerprint density at radius 3 is 2.59 bits per heavy atom. The molecule has 1 aliphatic carbocycles. The van der Waals surface area contributed by atoms with Gasteiger partial charge in [0.2, 0.25) is 0 Å². The van der Waals surface area contributed by atoms with Gasteiger partial charge in [-0.2, -0.15) is 0 Å². The molecule has 6 nitrogen and oxygen atoms in total. The van der Waals surface area contributed by atoms with Gasteiger partial charge in [-0.05, 0) is 37.1 Å². The van der Waals surface area contributed by atoms with Gasteiger partial charge in [-0.15, -0.1) is 0 Å². The van der Waals surface area contributed by atoms with Gasteiger partial charge in [-0.25, -0.2) is 4.98 Å². The van der Waals surface area contributed by atoms with Crippen LogP contribution in [0.4, 0.5) is 0 Å². The zero-order valence-electron chi connectivity index (χ0n) is 11.6. The van der Waals surface area contributed by atoms with E-state index < -0.39 is 5.97 Å². The Morgan fingerprint density at radius 1 is 1.32 bits per heavy atom. The summed E-state index contributed by atoms with van der Waals surface area (Å²) in [5.74, 6) is -1.34. The fourth-order valence-corrected chi connectivity index (χ4v) is 2.50. The summed E-state index contributed by atoms with van der Waals surface area (Å²) in [4.78, 5) is 28.9. The van der Waals surface area contributed by atoms with Crippen LogP contribution in [0, 0.1) is 0 Å². The van der Waals surface area contributed by atoms with E-state index in [-0.39, 0.29) is 24.2 Å². The molecule has 1 heterocycles. The van der Waals surface area contributed by atoms with Crippen molar-refractivity contribution in [2.45, 2.75) is 18.9 Å². The highest BCUT2D eigenvalue weighted by molar-refractivity contribution is 9.10. The highest BCUT2D eigenvalue weighted by atomic mass is 79.9.